The molecule has 0 bridgehead atoms. The van der Waals surface area contributed by atoms with E-state index in [1.54, 1.807) is 18.2 Å². The van der Waals surface area contributed by atoms with Crippen molar-refractivity contribution in [1.82, 2.24) is 29.4 Å². The number of fused-ring (bicyclic) bond motifs is 2. The Labute approximate surface area is 334 Å². The molecule has 3 aromatic carbocycles. The van der Waals surface area contributed by atoms with Gasteiger partial charge in [0.05, 0.1) is 32.9 Å². The first-order chi connectivity index (χ1) is 27.1. The molecule has 4 aliphatic rings. The number of nitrogens with one attached hydrogen (secondary N) is 3. The number of rotatable bonds is 8. The molecule has 300 valence electrons. The molecule has 4 aliphatic heterocycles. The number of hydrogen-bond donors (Lipinski definition) is 3. The van der Waals surface area contributed by atoms with Gasteiger partial charge in [0.1, 0.15) is 17.4 Å². The second-order valence-corrected chi connectivity index (χ2v) is 17.1. The largest absolute Gasteiger partial charge is 0.416 e. The highest BCUT2D eigenvalue weighted by atomic mass is 35.5. The average Bonchev–Trinajstić information content (AvgIpc) is 3.71. The fourth-order valence-electron chi connectivity index (χ4n) is 7.91. The number of halogens is 5. The molecule has 0 aliphatic carbocycles. The van der Waals surface area contributed by atoms with Crippen molar-refractivity contribution in [2.45, 2.75) is 37.9 Å². The molecule has 57 heavy (non-hydrogen) atoms. The van der Waals surface area contributed by atoms with Crippen LogP contribution in [0.15, 0.2) is 48.5 Å². The van der Waals surface area contributed by atoms with E-state index in [0.29, 0.717) is 25.9 Å². The molecule has 4 aromatic rings. The highest BCUT2D eigenvalue weighted by molar-refractivity contribution is 7.90. The van der Waals surface area contributed by atoms with Gasteiger partial charge in [-0.2, -0.15) is 25.9 Å². The third-order valence-electron chi connectivity index (χ3n) is 10.9. The van der Waals surface area contributed by atoms with Crippen molar-refractivity contribution in [3.8, 4) is 11.4 Å². The lowest BCUT2D eigenvalue weighted by molar-refractivity contribution is -0.138. The number of benzene rings is 3. The molecule has 14 nitrogen and oxygen atoms in total. The molecule has 3 saturated heterocycles. The van der Waals surface area contributed by atoms with Crippen molar-refractivity contribution in [2.75, 3.05) is 55.4 Å². The van der Waals surface area contributed by atoms with E-state index in [1.165, 1.54) is 22.5 Å². The number of imidazole rings is 1. The monoisotopic (exact) mass is 846 g/mol. The van der Waals surface area contributed by atoms with Gasteiger partial charge in [0.15, 0.2) is 0 Å². The Morgan fingerprint density at radius 2 is 1.56 bits per heavy atom. The Bertz CT molecular complexity index is 2430. The van der Waals surface area contributed by atoms with Gasteiger partial charge in [0.25, 0.3) is 11.8 Å². The minimum atomic E-state index is -4.63. The van der Waals surface area contributed by atoms with Gasteiger partial charge in [-0.05, 0) is 73.7 Å². The summed E-state index contributed by atoms with van der Waals surface area (Å²) >= 11 is 12.4. The number of carbonyl (C=O) groups is 4. The fourth-order valence-corrected chi connectivity index (χ4v) is 9.62. The number of amides is 4. The highest BCUT2D eigenvalue weighted by Gasteiger charge is 2.45. The van der Waals surface area contributed by atoms with Crippen LogP contribution in [0.3, 0.4) is 0 Å². The highest BCUT2D eigenvalue weighted by Crippen LogP contribution is 2.38. The number of imide groups is 2. The SMILES string of the molecule is O=C1CCC(N2C(=O)c3ccc(N4CCN(CC5CCN(S(=O)(=O)Nc6ccc(Cl)cc6-c6nc7c(Cl)cc(C(F)(F)F)cc7[nH]6)CC5)CC4)cc3C2=O)C(=O)N1. The summed E-state index contributed by atoms with van der Waals surface area (Å²) in [7, 11) is -4.04. The van der Waals surface area contributed by atoms with Crippen molar-refractivity contribution < 1.29 is 40.8 Å². The van der Waals surface area contributed by atoms with E-state index in [0.717, 1.165) is 42.4 Å². The summed E-state index contributed by atoms with van der Waals surface area (Å²) in [6, 6.07) is 10.2. The van der Waals surface area contributed by atoms with Gasteiger partial charge in [0, 0.05) is 68.5 Å². The van der Waals surface area contributed by atoms with Crippen LogP contribution in [0, 0.1) is 5.92 Å². The second-order valence-electron chi connectivity index (χ2n) is 14.5. The van der Waals surface area contributed by atoms with E-state index in [9.17, 15) is 40.8 Å². The van der Waals surface area contributed by atoms with Crippen molar-refractivity contribution in [1.29, 1.82) is 0 Å². The van der Waals surface area contributed by atoms with E-state index in [-0.39, 0.29) is 81.1 Å². The summed E-state index contributed by atoms with van der Waals surface area (Å²) in [5, 5.41) is 2.25. The number of hydrogen-bond acceptors (Lipinski definition) is 9. The Morgan fingerprint density at radius 1 is 0.842 bits per heavy atom. The Kier molecular flexibility index (Phi) is 10.2. The zero-order chi connectivity index (χ0) is 40.4. The number of anilines is 2. The van der Waals surface area contributed by atoms with Crippen LogP contribution in [0.1, 0.15) is 52.0 Å². The zero-order valence-corrected chi connectivity index (χ0v) is 32.4. The number of piperazine rings is 1. The van der Waals surface area contributed by atoms with Gasteiger partial charge in [-0.25, -0.2) is 4.98 Å². The predicted molar refractivity (Wildman–Crippen MR) is 205 cm³/mol. The molecule has 1 atom stereocenters. The number of piperidine rings is 2. The van der Waals surface area contributed by atoms with Crippen LogP contribution in [0.5, 0.6) is 0 Å². The molecule has 8 rings (SSSR count). The maximum Gasteiger partial charge on any atom is 0.416 e. The number of aromatic nitrogens is 2. The lowest BCUT2D eigenvalue weighted by Gasteiger charge is -2.39. The first-order valence-electron chi connectivity index (χ1n) is 18.2. The summed E-state index contributed by atoms with van der Waals surface area (Å²) < 4.78 is 71.5. The van der Waals surface area contributed by atoms with Crippen molar-refractivity contribution in [2.24, 2.45) is 5.92 Å². The van der Waals surface area contributed by atoms with E-state index in [4.69, 9.17) is 23.2 Å². The molecule has 3 N–H and O–H groups in total. The van der Waals surface area contributed by atoms with Crippen LogP contribution >= 0.6 is 23.2 Å². The summed E-state index contributed by atoms with van der Waals surface area (Å²) in [5.41, 5.74) is 0.779. The van der Waals surface area contributed by atoms with Crippen LogP contribution in [-0.2, 0) is 26.0 Å². The lowest BCUT2D eigenvalue weighted by atomic mass is 9.97. The average molecular weight is 848 g/mol. The third-order valence-corrected chi connectivity index (χ3v) is 13.0. The van der Waals surface area contributed by atoms with Crippen molar-refractivity contribution in [3.05, 3.63) is 75.3 Å². The fraction of sp³-hybridized carbons (Fsp3) is 0.378. The Morgan fingerprint density at radius 3 is 2.26 bits per heavy atom. The minimum absolute atomic E-state index is 0.0274. The van der Waals surface area contributed by atoms with Crippen molar-refractivity contribution in [3.63, 3.8) is 0 Å². The molecule has 0 saturated carbocycles. The summed E-state index contributed by atoms with van der Waals surface area (Å²) in [5.74, 6) is -1.85. The Hall–Kier alpha value is -4.75. The number of H-pyrrole nitrogens is 1. The molecule has 1 unspecified atom stereocenters. The van der Waals surface area contributed by atoms with Crippen LogP contribution in [0.4, 0.5) is 24.5 Å². The number of carbonyl (C=O) groups excluding carboxylic acids is 4. The number of nitrogens with zero attached hydrogens (tertiary/aromatic N) is 5. The number of alkyl halides is 3. The maximum absolute atomic E-state index is 13.6. The van der Waals surface area contributed by atoms with Gasteiger partial charge < -0.3 is 9.88 Å². The zero-order valence-electron chi connectivity index (χ0n) is 30.0. The molecule has 1 aromatic heterocycles. The Balaban J connectivity index is 0.861. The summed E-state index contributed by atoms with van der Waals surface area (Å²) in [6.07, 6.45) is -3.24. The topological polar surface area (TPSA) is 168 Å². The first kappa shape index (κ1) is 39.1. The second kappa shape index (κ2) is 14.9. The van der Waals surface area contributed by atoms with E-state index in [2.05, 4.69) is 29.8 Å². The standard InChI is InChI=1S/C37H35Cl2F3N8O6S/c38-22-1-4-28(26(17-22)33-43-29-16-21(37(40,41)42)15-27(39)32(29)45-33)46-57(55,56)49-9-7-20(8-10-49)19-47-11-13-48(14-12-47)23-2-3-24-25(18-23)36(54)50(35(24)53)30-5-6-31(51)44-34(30)52/h1-4,15-18,20,30,46H,5-14,19H2,(H,43,45)(H,44,51,52). The molecule has 4 amide bonds. The first-order valence-corrected chi connectivity index (χ1v) is 20.4. The summed E-state index contributed by atoms with van der Waals surface area (Å²) in [6.45, 7) is 4.13. The smallest absolute Gasteiger partial charge is 0.369 e. The van der Waals surface area contributed by atoms with Gasteiger partial charge in [-0.15, -0.1) is 0 Å². The van der Waals surface area contributed by atoms with Crippen LogP contribution in [0.2, 0.25) is 10.0 Å². The predicted octanol–water partition coefficient (Wildman–Crippen LogP) is 5.15. The van der Waals surface area contributed by atoms with Crippen LogP contribution in [0.25, 0.3) is 22.4 Å². The molecule has 5 heterocycles. The molecule has 3 fully saturated rings. The van der Waals surface area contributed by atoms with E-state index < -0.39 is 51.6 Å². The minimum Gasteiger partial charge on any atom is -0.369 e. The van der Waals surface area contributed by atoms with Crippen LogP contribution < -0.4 is 14.9 Å². The van der Waals surface area contributed by atoms with Gasteiger partial charge in [0.2, 0.25) is 11.8 Å². The normalized spacial score (nSPS) is 20.4. The van der Waals surface area contributed by atoms with E-state index >= 15 is 0 Å². The van der Waals surface area contributed by atoms with Crippen molar-refractivity contribution >= 4 is 79.4 Å². The van der Waals surface area contributed by atoms with Gasteiger partial charge >= 0.3 is 16.4 Å². The molecule has 0 radical (unpaired) electrons. The maximum atomic E-state index is 13.6. The quantitative estimate of drug-likeness (QED) is 0.203. The lowest BCUT2D eigenvalue weighted by Crippen LogP contribution is -2.54. The molecular formula is C37H35Cl2F3N8O6S. The van der Waals surface area contributed by atoms with Gasteiger partial charge in [-0.3, -0.25) is 39.0 Å². The molecular weight excluding hydrogens is 812 g/mol. The van der Waals surface area contributed by atoms with E-state index in [1.807, 2.05) is 0 Å². The number of aromatic amines is 1. The van der Waals surface area contributed by atoms with Gasteiger partial charge in [-0.1, -0.05) is 23.2 Å². The van der Waals surface area contributed by atoms with Crippen LogP contribution in [-0.4, -0.2) is 108 Å². The molecule has 20 heteroatoms. The molecule has 0 spiro atoms. The third kappa shape index (κ3) is 7.68. The summed E-state index contributed by atoms with van der Waals surface area (Å²) in [4.78, 5) is 63.0.